The molecule has 11 rings (SSSR count). The normalized spacial score (nSPS) is 17.3. The van der Waals surface area contributed by atoms with Gasteiger partial charge in [-0.15, -0.1) is 0 Å². The summed E-state index contributed by atoms with van der Waals surface area (Å²) in [7, 11) is 0. The maximum Gasteiger partial charge on any atom is 0.416 e. The molecule has 1 fully saturated rings. The molecule has 3 aliphatic rings. The van der Waals surface area contributed by atoms with Gasteiger partial charge in [0, 0.05) is 38.7 Å². The summed E-state index contributed by atoms with van der Waals surface area (Å²) in [6, 6.07) is 46.3. The summed E-state index contributed by atoms with van der Waals surface area (Å²) in [4.78, 5) is 13.7. The third-order valence-electron chi connectivity index (χ3n) is 16.3. The quantitative estimate of drug-likeness (QED) is 0.113. The Morgan fingerprint density at radius 3 is 1.91 bits per heavy atom. The second-order valence-corrected chi connectivity index (χ2v) is 21.3. The van der Waals surface area contributed by atoms with Crippen LogP contribution < -0.4 is 10.1 Å². The van der Waals surface area contributed by atoms with Crippen LogP contribution in [-0.2, 0) is 17.2 Å². The van der Waals surface area contributed by atoms with Crippen molar-refractivity contribution < 1.29 is 32.9 Å². The molecule has 8 heteroatoms. The van der Waals surface area contributed by atoms with Crippen LogP contribution in [0, 0.1) is 12.8 Å². The van der Waals surface area contributed by atoms with Crippen LogP contribution in [0.4, 0.5) is 18.9 Å². The van der Waals surface area contributed by atoms with Gasteiger partial charge >= 0.3 is 6.18 Å². The lowest BCUT2D eigenvalue weighted by atomic mass is 9.76. The average Bonchev–Trinajstić information content (AvgIpc) is 3.65. The summed E-state index contributed by atoms with van der Waals surface area (Å²) < 4.78 is 50.5. The van der Waals surface area contributed by atoms with Gasteiger partial charge < -0.3 is 20.3 Å². The number of carbonyl (C=O) groups excluding carboxylic acids is 1. The van der Waals surface area contributed by atoms with Gasteiger partial charge in [-0.25, -0.2) is 0 Å². The number of alkyl halides is 3. The average molecular weight is 988 g/mol. The largest absolute Gasteiger partial charge is 0.508 e. The number of anilines is 1. The van der Waals surface area contributed by atoms with Crippen LogP contribution in [0.1, 0.15) is 133 Å². The van der Waals surface area contributed by atoms with E-state index >= 15 is 0 Å². The summed E-state index contributed by atoms with van der Waals surface area (Å²) in [6.07, 6.45) is 10.0. The van der Waals surface area contributed by atoms with Crippen LogP contribution in [-0.4, -0.2) is 16.1 Å². The van der Waals surface area contributed by atoms with E-state index in [1.54, 1.807) is 54.6 Å². The molecule has 0 spiro atoms. The van der Waals surface area contributed by atoms with Crippen molar-refractivity contribution in [3.63, 3.8) is 0 Å². The van der Waals surface area contributed by atoms with Crippen LogP contribution >= 0.6 is 0 Å². The SMILES string of the molecule is CCCCCC1CCC(c2ccc(-c3ccc(NC(=O)c4ccc(-c5cc6c7c(c8c(c6cc5C)OC(c5ccc(O)cc5)(c5ccc(O)cc5)C=C8)C(C)(C)c5cc(C(F)(F)F)ccc5-7)cc4)cc3)cc2)CC1. The number of rotatable bonds is 11. The maximum atomic E-state index is 14.4. The minimum absolute atomic E-state index is 0.0920. The summed E-state index contributed by atoms with van der Waals surface area (Å²) in [5, 5.41) is 25.3. The minimum Gasteiger partial charge on any atom is -0.508 e. The number of amides is 1. The topological polar surface area (TPSA) is 78.8 Å². The Bertz CT molecular complexity index is 3390. The number of unbranched alkanes of at least 4 members (excludes halogenated alkanes) is 2. The molecule has 1 amide bonds. The monoisotopic (exact) mass is 987 g/mol. The first-order valence-electron chi connectivity index (χ1n) is 26.1. The fraction of sp³-hybridized carbons (Fsp3) is 0.258. The van der Waals surface area contributed by atoms with Gasteiger partial charge in [0.05, 0.1) is 5.56 Å². The summed E-state index contributed by atoms with van der Waals surface area (Å²) in [6.45, 7) is 8.22. The number of halogens is 3. The molecule has 2 aliphatic carbocycles. The molecule has 0 unspecified atom stereocenters. The van der Waals surface area contributed by atoms with Crippen molar-refractivity contribution in [2.24, 2.45) is 5.92 Å². The second kappa shape index (κ2) is 19.0. The molecular weight excluding hydrogens is 928 g/mol. The first kappa shape index (κ1) is 48.7. The van der Waals surface area contributed by atoms with Crippen molar-refractivity contribution >= 4 is 28.4 Å². The van der Waals surface area contributed by atoms with E-state index in [1.807, 2.05) is 81.5 Å². The fourth-order valence-corrected chi connectivity index (χ4v) is 12.2. The third-order valence-corrected chi connectivity index (χ3v) is 16.3. The molecule has 3 N–H and O–H groups in total. The third kappa shape index (κ3) is 8.82. The second-order valence-electron chi connectivity index (χ2n) is 21.3. The molecule has 8 aromatic carbocycles. The predicted octanol–water partition coefficient (Wildman–Crippen LogP) is 17.7. The zero-order valence-electron chi connectivity index (χ0n) is 42.2. The summed E-state index contributed by atoms with van der Waals surface area (Å²) in [5.41, 5.74) is 9.96. The van der Waals surface area contributed by atoms with E-state index in [1.165, 1.54) is 63.0 Å². The Morgan fingerprint density at radius 1 is 0.689 bits per heavy atom. The van der Waals surface area contributed by atoms with Crippen molar-refractivity contribution in [3.05, 3.63) is 208 Å². The molecule has 0 aromatic heterocycles. The van der Waals surface area contributed by atoms with E-state index in [-0.39, 0.29) is 17.4 Å². The Morgan fingerprint density at radius 2 is 1.30 bits per heavy atom. The molecule has 0 atom stereocenters. The van der Waals surface area contributed by atoms with Gasteiger partial charge in [0.15, 0.2) is 5.60 Å². The first-order valence-corrected chi connectivity index (χ1v) is 26.1. The zero-order chi connectivity index (χ0) is 51.5. The van der Waals surface area contributed by atoms with Gasteiger partial charge in [0.1, 0.15) is 17.2 Å². The van der Waals surface area contributed by atoms with E-state index in [2.05, 4.69) is 48.6 Å². The van der Waals surface area contributed by atoms with E-state index in [0.29, 0.717) is 28.5 Å². The number of benzene rings is 8. The number of nitrogens with one attached hydrogen (secondary N) is 1. The van der Waals surface area contributed by atoms with Gasteiger partial charge in [0.25, 0.3) is 5.91 Å². The lowest BCUT2D eigenvalue weighted by Crippen LogP contribution is -2.35. The zero-order valence-corrected chi connectivity index (χ0v) is 42.2. The molecule has 5 nitrogen and oxygen atoms in total. The number of aryl methyl sites for hydroxylation is 1. The number of fused-ring (bicyclic) bond motifs is 8. The number of aromatic hydroxyl groups is 2. The van der Waals surface area contributed by atoms with Crippen molar-refractivity contribution in [2.45, 2.75) is 102 Å². The molecule has 1 aliphatic heterocycles. The number of carbonyl (C=O) groups is 1. The van der Waals surface area contributed by atoms with E-state index in [0.717, 1.165) is 84.0 Å². The van der Waals surface area contributed by atoms with Gasteiger partial charge in [-0.1, -0.05) is 131 Å². The highest BCUT2D eigenvalue weighted by Crippen LogP contribution is 2.59. The number of hydrogen-bond acceptors (Lipinski definition) is 4. The van der Waals surface area contributed by atoms with Crippen molar-refractivity contribution in [3.8, 4) is 50.6 Å². The highest BCUT2D eigenvalue weighted by molar-refractivity contribution is 6.10. The maximum absolute atomic E-state index is 14.4. The van der Waals surface area contributed by atoms with Crippen molar-refractivity contribution in [1.82, 2.24) is 0 Å². The Hall–Kier alpha value is -7.58. The molecule has 374 valence electrons. The molecule has 1 saturated carbocycles. The van der Waals surface area contributed by atoms with Crippen molar-refractivity contribution in [1.29, 1.82) is 0 Å². The van der Waals surface area contributed by atoms with Crippen LogP contribution in [0.2, 0.25) is 0 Å². The summed E-state index contributed by atoms with van der Waals surface area (Å²) in [5.74, 6) is 2.04. The number of ether oxygens (including phenoxy) is 1. The lowest BCUT2D eigenvalue weighted by molar-refractivity contribution is -0.137. The minimum atomic E-state index is -4.53. The first-order chi connectivity index (χ1) is 35.6. The molecular formula is C66H60F3NO4. The molecule has 0 saturated heterocycles. The standard InChI is InChI=1S/C66H60F3NO4/c1-5-6-7-8-41-9-11-42(12-10-41)43-13-15-44(16-14-43)45-21-28-51(29-22-45)70-63(73)47-19-17-46(18-20-47)56-39-57-58(37-40(56)2)62-55(61-60(57)54-34-27-50(66(67,68)69)38-59(54)64(61,3)4)35-36-65(74-62,48-23-30-52(71)31-24-48)49-25-32-53(72)33-26-49/h13-39,41-42,71-72H,5-12H2,1-4H3,(H,70,73). The van der Waals surface area contributed by atoms with E-state index < -0.39 is 22.8 Å². The lowest BCUT2D eigenvalue weighted by Gasteiger charge is -2.38. The number of hydrogen-bond donors (Lipinski definition) is 3. The van der Waals surface area contributed by atoms with Crippen LogP contribution in [0.3, 0.4) is 0 Å². The predicted molar refractivity (Wildman–Crippen MR) is 292 cm³/mol. The van der Waals surface area contributed by atoms with Gasteiger partial charge in [-0.05, 0) is 184 Å². The van der Waals surface area contributed by atoms with Crippen LogP contribution in [0.5, 0.6) is 17.2 Å². The van der Waals surface area contributed by atoms with Gasteiger partial charge in [-0.2, -0.15) is 13.2 Å². The summed E-state index contributed by atoms with van der Waals surface area (Å²) >= 11 is 0. The highest BCUT2D eigenvalue weighted by atomic mass is 19.4. The van der Waals surface area contributed by atoms with Crippen molar-refractivity contribution in [2.75, 3.05) is 5.32 Å². The number of phenols is 2. The fourth-order valence-electron chi connectivity index (χ4n) is 12.2. The Labute approximate surface area is 431 Å². The Balaban J connectivity index is 0.898. The molecule has 0 bridgehead atoms. The molecule has 0 radical (unpaired) electrons. The van der Waals surface area contributed by atoms with Crippen LogP contribution in [0.15, 0.2) is 158 Å². The molecule has 1 heterocycles. The van der Waals surface area contributed by atoms with Gasteiger partial charge in [0.2, 0.25) is 0 Å². The molecule has 74 heavy (non-hydrogen) atoms. The molecule has 8 aromatic rings. The Kier molecular flexibility index (Phi) is 12.5. The van der Waals surface area contributed by atoms with Crippen LogP contribution in [0.25, 0.3) is 50.2 Å². The van der Waals surface area contributed by atoms with E-state index in [9.17, 15) is 28.2 Å². The van der Waals surface area contributed by atoms with Gasteiger partial charge in [-0.3, -0.25) is 4.79 Å². The smallest absolute Gasteiger partial charge is 0.416 e. The highest BCUT2D eigenvalue weighted by Gasteiger charge is 2.45. The van der Waals surface area contributed by atoms with E-state index in [4.69, 9.17) is 4.74 Å². The number of phenolic OH excluding ortho intramolecular Hbond substituents is 2.